The minimum Gasteiger partial charge on any atom is -0.392 e. The van der Waals surface area contributed by atoms with E-state index in [4.69, 9.17) is 0 Å². The number of unbranched alkanes of at least 4 members (excludes halogenated alkanes) is 2. The lowest BCUT2D eigenvalue weighted by Crippen LogP contribution is -2.30. The number of rotatable bonds is 7. The summed E-state index contributed by atoms with van der Waals surface area (Å²) in [6, 6.07) is 0. The number of thiol groups is 1. The number of aliphatic hydroxyl groups excluding tert-OH is 1. The zero-order valence-electron chi connectivity index (χ0n) is 9.85. The van der Waals surface area contributed by atoms with Crippen LogP contribution in [-0.2, 0) is 0 Å². The van der Waals surface area contributed by atoms with Crippen LogP contribution in [0.4, 0.5) is 13.2 Å². The van der Waals surface area contributed by atoms with Crippen LogP contribution in [0.15, 0.2) is 0 Å². The van der Waals surface area contributed by atoms with Gasteiger partial charge in [-0.05, 0) is 18.3 Å². The highest BCUT2D eigenvalue weighted by molar-refractivity contribution is 7.80. The average Bonchev–Trinajstić information content (AvgIpc) is 2.14. The molecule has 0 rings (SSSR count). The molecule has 0 aromatic carbocycles. The molecule has 0 aromatic rings. The molecule has 0 saturated carbocycles. The van der Waals surface area contributed by atoms with E-state index < -0.39 is 18.7 Å². The minimum atomic E-state index is -4.04. The lowest BCUT2D eigenvalue weighted by Gasteiger charge is -2.29. The molecule has 0 aliphatic carbocycles. The van der Waals surface area contributed by atoms with Gasteiger partial charge >= 0.3 is 6.18 Å². The molecule has 0 heterocycles. The van der Waals surface area contributed by atoms with Crippen molar-refractivity contribution in [2.24, 2.45) is 5.41 Å². The third-order valence-corrected chi connectivity index (χ3v) is 3.20. The number of hydrogen-bond acceptors (Lipinski definition) is 2. The normalized spacial score (nSPS) is 15.2. The highest BCUT2D eigenvalue weighted by Gasteiger charge is 2.27. The highest BCUT2D eigenvalue weighted by Crippen LogP contribution is 2.29. The molecule has 0 fully saturated rings. The van der Waals surface area contributed by atoms with Crippen molar-refractivity contribution in [2.75, 3.05) is 5.75 Å². The topological polar surface area (TPSA) is 20.2 Å². The Labute approximate surface area is 101 Å². The van der Waals surface area contributed by atoms with Crippen molar-refractivity contribution in [1.82, 2.24) is 0 Å². The maximum Gasteiger partial charge on any atom is 0.389 e. The van der Waals surface area contributed by atoms with Crippen LogP contribution in [0.25, 0.3) is 0 Å². The largest absolute Gasteiger partial charge is 0.392 e. The second kappa shape index (κ2) is 6.74. The van der Waals surface area contributed by atoms with Crippen molar-refractivity contribution in [3.63, 3.8) is 0 Å². The van der Waals surface area contributed by atoms with E-state index in [9.17, 15) is 18.3 Å². The first-order valence-corrected chi connectivity index (χ1v) is 6.18. The summed E-state index contributed by atoms with van der Waals surface area (Å²) in [6.07, 6.45) is -3.07. The third-order valence-electron chi connectivity index (χ3n) is 2.86. The maximum absolute atomic E-state index is 11.8. The van der Waals surface area contributed by atoms with Gasteiger partial charge in [-0.2, -0.15) is 25.8 Å². The lowest BCUT2D eigenvalue weighted by molar-refractivity contribution is -0.135. The molecule has 0 radical (unpaired) electrons. The first-order chi connectivity index (χ1) is 7.19. The molecule has 0 aliphatic heterocycles. The molecular weight excluding hydrogens is 237 g/mol. The van der Waals surface area contributed by atoms with Crippen molar-refractivity contribution < 1.29 is 18.3 Å². The Morgan fingerprint density at radius 1 is 1.06 bits per heavy atom. The van der Waals surface area contributed by atoms with Crippen LogP contribution in [0.1, 0.15) is 46.0 Å². The molecule has 0 spiro atoms. The molecular formula is C11H21F3OS. The van der Waals surface area contributed by atoms with Crippen molar-refractivity contribution in [3.05, 3.63) is 0 Å². The number of alkyl halides is 3. The van der Waals surface area contributed by atoms with Crippen LogP contribution < -0.4 is 0 Å². The molecule has 0 amide bonds. The predicted octanol–water partition coefficient (Wildman–Crippen LogP) is 3.82. The molecule has 1 N–H and O–H groups in total. The first-order valence-electron chi connectivity index (χ1n) is 5.55. The standard InChI is InChI=1S/C11H21F3OS/c1-10(2,9(15)8-16)6-4-3-5-7-11(12,13)14/h9,15-16H,3-8H2,1-2H3. The van der Waals surface area contributed by atoms with Crippen LogP contribution in [-0.4, -0.2) is 23.1 Å². The van der Waals surface area contributed by atoms with E-state index in [-0.39, 0.29) is 11.8 Å². The fourth-order valence-corrected chi connectivity index (χ4v) is 1.99. The Kier molecular flexibility index (Phi) is 6.79. The second-order valence-electron chi connectivity index (χ2n) is 4.86. The van der Waals surface area contributed by atoms with Gasteiger partial charge in [-0.15, -0.1) is 0 Å². The summed E-state index contributed by atoms with van der Waals surface area (Å²) in [6.45, 7) is 3.83. The summed E-state index contributed by atoms with van der Waals surface area (Å²) in [4.78, 5) is 0. The van der Waals surface area contributed by atoms with Crippen LogP contribution in [0, 0.1) is 5.41 Å². The number of aliphatic hydroxyl groups is 1. The zero-order chi connectivity index (χ0) is 12.8. The van der Waals surface area contributed by atoms with E-state index in [2.05, 4.69) is 12.6 Å². The van der Waals surface area contributed by atoms with Crippen LogP contribution >= 0.6 is 12.6 Å². The van der Waals surface area contributed by atoms with Gasteiger partial charge in [0.15, 0.2) is 0 Å². The van der Waals surface area contributed by atoms with Gasteiger partial charge in [0.25, 0.3) is 0 Å². The van der Waals surface area contributed by atoms with Gasteiger partial charge in [-0.25, -0.2) is 0 Å². The van der Waals surface area contributed by atoms with Crippen molar-refractivity contribution in [2.45, 2.75) is 58.2 Å². The Balaban J connectivity index is 3.66. The van der Waals surface area contributed by atoms with E-state index in [0.29, 0.717) is 18.6 Å². The van der Waals surface area contributed by atoms with Gasteiger partial charge in [0.05, 0.1) is 6.10 Å². The molecule has 0 aromatic heterocycles. The average molecular weight is 258 g/mol. The molecule has 98 valence electrons. The molecule has 0 bridgehead atoms. The maximum atomic E-state index is 11.8. The molecule has 0 saturated heterocycles. The Bertz CT molecular complexity index is 192. The minimum absolute atomic E-state index is 0.177. The Morgan fingerprint density at radius 3 is 2.00 bits per heavy atom. The second-order valence-corrected chi connectivity index (χ2v) is 5.23. The van der Waals surface area contributed by atoms with Crippen LogP contribution in [0.5, 0.6) is 0 Å². The summed E-state index contributed by atoms with van der Waals surface area (Å²) < 4.78 is 35.5. The highest BCUT2D eigenvalue weighted by atomic mass is 32.1. The smallest absolute Gasteiger partial charge is 0.389 e. The van der Waals surface area contributed by atoms with Gasteiger partial charge in [0.1, 0.15) is 0 Å². The van der Waals surface area contributed by atoms with Crippen molar-refractivity contribution >= 4 is 12.6 Å². The fourth-order valence-electron chi connectivity index (χ4n) is 1.50. The van der Waals surface area contributed by atoms with Crippen LogP contribution in [0.2, 0.25) is 0 Å². The SMILES string of the molecule is CC(C)(CCCCCC(F)(F)F)C(O)CS. The lowest BCUT2D eigenvalue weighted by atomic mass is 9.82. The monoisotopic (exact) mass is 258 g/mol. The summed E-state index contributed by atoms with van der Waals surface area (Å²) in [7, 11) is 0. The van der Waals surface area contributed by atoms with E-state index in [1.165, 1.54) is 0 Å². The van der Waals surface area contributed by atoms with E-state index >= 15 is 0 Å². The predicted molar refractivity (Wildman–Crippen MR) is 62.8 cm³/mol. The molecule has 0 aliphatic rings. The number of hydrogen-bond donors (Lipinski definition) is 2. The van der Waals surface area contributed by atoms with Gasteiger partial charge in [-0.1, -0.05) is 26.7 Å². The zero-order valence-corrected chi connectivity index (χ0v) is 10.7. The van der Waals surface area contributed by atoms with Gasteiger partial charge in [0.2, 0.25) is 0 Å². The summed E-state index contributed by atoms with van der Waals surface area (Å²) >= 11 is 4.01. The van der Waals surface area contributed by atoms with Crippen molar-refractivity contribution in [3.8, 4) is 0 Å². The fraction of sp³-hybridized carbons (Fsp3) is 1.00. The Morgan fingerprint density at radius 2 is 1.56 bits per heavy atom. The molecule has 5 heteroatoms. The Hall–Kier alpha value is 0.100. The summed E-state index contributed by atoms with van der Waals surface area (Å²) in [5, 5.41) is 9.62. The summed E-state index contributed by atoms with van der Waals surface area (Å²) in [5.41, 5.74) is -0.264. The number of halogens is 3. The van der Waals surface area contributed by atoms with E-state index in [1.807, 2.05) is 13.8 Å². The van der Waals surface area contributed by atoms with Crippen LogP contribution in [0.3, 0.4) is 0 Å². The van der Waals surface area contributed by atoms with E-state index in [1.54, 1.807) is 0 Å². The third kappa shape index (κ3) is 7.39. The molecule has 1 atom stereocenters. The summed E-state index contributed by atoms with van der Waals surface area (Å²) in [5.74, 6) is 0.384. The van der Waals surface area contributed by atoms with Gasteiger partial charge < -0.3 is 5.11 Å². The quantitative estimate of drug-likeness (QED) is 0.525. The van der Waals surface area contributed by atoms with Gasteiger partial charge in [0, 0.05) is 12.2 Å². The molecule has 16 heavy (non-hydrogen) atoms. The molecule has 1 unspecified atom stereocenters. The first kappa shape index (κ1) is 16.1. The molecule has 1 nitrogen and oxygen atoms in total. The van der Waals surface area contributed by atoms with Gasteiger partial charge in [-0.3, -0.25) is 0 Å². The van der Waals surface area contributed by atoms with Crippen molar-refractivity contribution in [1.29, 1.82) is 0 Å². The van der Waals surface area contributed by atoms with E-state index in [0.717, 1.165) is 6.42 Å².